The van der Waals surface area contributed by atoms with Crippen molar-refractivity contribution in [2.45, 2.75) is 110 Å². The van der Waals surface area contributed by atoms with Crippen molar-refractivity contribution in [2.24, 2.45) is 10.7 Å². The summed E-state index contributed by atoms with van der Waals surface area (Å²) in [5, 5.41) is 7.31. The highest BCUT2D eigenvalue weighted by Gasteiger charge is 2.34. The predicted octanol–water partition coefficient (Wildman–Crippen LogP) is 6.61. The molecule has 1 fully saturated rings. The molecule has 3 unspecified atom stereocenters. The molecule has 1 heterocycles. The fourth-order valence-corrected chi connectivity index (χ4v) is 5.88. The standard InChI is InChI=1S/C39H52FN5O6/c1-38(2,3)50-36(47)43-35(44-37(48)51-39(4,5)6)42-20-9-12-31-24-32(49-25-27-13-16-28-10-7-8-11-29(28)22-27)19-21-45(31)34(46)33(41)23-26-14-17-30(40)18-15-26/h7-8,10-11,13-18,22,31-33H,9,12,19-21,23-25,41H2,1-6H3,(H2,42,43,44,47,48). The number of rotatable bonds is 10. The van der Waals surface area contributed by atoms with Crippen molar-refractivity contribution in [3.05, 3.63) is 83.7 Å². The van der Waals surface area contributed by atoms with Gasteiger partial charge in [0.15, 0.2) is 0 Å². The Kier molecular flexibility index (Phi) is 13.5. The summed E-state index contributed by atoms with van der Waals surface area (Å²) in [7, 11) is 0. The Hall–Kier alpha value is -4.55. The largest absolute Gasteiger partial charge is 0.444 e. The van der Waals surface area contributed by atoms with E-state index in [9.17, 15) is 18.8 Å². The number of ether oxygens (including phenoxy) is 3. The zero-order chi connectivity index (χ0) is 37.2. The van der Waals surface area contributed by atoms with Crippen LogP contribution in [0.15, 0.2) is 71.7 Å². The average molecular weight is 706 g/mol. The second kappa shape index (κ2) is 17.6. The lowest BCUT2D eigenvalue weighted by Gasteiger charge is -2.40. The zero-order valence-electron chi connectivity index (χ0n) is 30.5. The second-order valence-corrected chi connectivity index (χ2v) is 14.9. The topological polar surface area (TPSA) is 145 Å². The minimum absolute atomic E-state index is 0.0828. The number of piperidine rings is 1. The normalized spacial score (nSPS) is 17.0. The van der Waals surface area contributed by atoms with E-state index in [1.165, 1.54) is 17.5 Å². The van der Waals surface area contributed by atoms with Gasteiger partial charge in [0.05, 0.1) is 18.8 Å². The lowest BCUT2D eigenvalue weighted by Crippen LogP contribution is -2.54. The maximum absolute atomic E-state index is 13.7. The molecule has 4 N–H and O–H groups in total. The van der Waals surface area contributed by atoms with Crippen molar-refractivity contribution < 1.29 is 33.0 Å². The zero-order valence-corrected chi connectivity index (χ0v) is 30.5. The lowest BCUT2D eigenvalue weighted by atomic mass is 9.93. The van der Waals surface area contributed by atoms with E-state index < -0.39 is 29.4 Å². The van der Waals surface area contributed by atoms with Crippen LogP contribution in [0.1, 0.15) is 78.4 Å². The Morgan fingerprint density at radius 3 is 2.14 bits per heavy atom. The first-order valence-corrected chi connectivity index (χ1v) is 17.5. The van der Waals surface area contributed by atoms with Gasteiger partial charge < -0.3 is 24.8 Å². The smallest absolute Gasteiger partial charge is 0.414 e. The minimum atomic E-state index is -0.797. The van der Waals surface area contributed by atoms with Gasteiger partial charge in [-0.05, 0) is 114 Å². The molecule has 1 aliphatic rings. The molecule has 3 aromatic carbocycles. The fourth-order valence-electron chi connectivity index (χ4n) is 5.88. The molecule has 1 aliphatic heterocycles. The first kappa shape index (κ1) is 39.2. The molecule has 0 aliphatic carbocycles. The number of benzene rings is 3. The molecule has 11 nitrogen and oxygen atoms in total. The molecule has 0 spiro atoms. The number of nitrogens with zero attached hydrogens (tertiary/aromatic N) is 2. The summed E-state index contributed by atoms with van der Waals surface area (Å²) in [6.45, 7) is 11.5. The molecular formula is C39H52FN5O6. The number of alkyl carbamates (subject to hydrolysis) is 2. The number of likely N-dealkylation sites (tertiary alicyclic amines) is 1. The maximum atomic E-state index is 13.7. The van der Waals surface area contributed by atoms with Crippen molar-refractivity contribution in [3.63, 3.8) is 0 Å². The van der Waals surface area contributed by atoms with Crippen LogP contribution in [-0.2, 0) is 32.0 Å². The highest BCUT2D eigenvalue weighted by Crippen LogP contribution is 2.26. The van der Waals surface area contributed by atoms with Crippen molar-refractivity contribution in [1.82, 2.24) is 15.5 Å². The Bertz CT molecular complexity index is 1640. The van der Waals surface area contributed by atoms with E-state index in [1.54, 1.807) is 53.7 Å². The van der Waals surface area contributed by atoms with Crippen LogP contribution in [0.25, 0.3) is 10.8 Å². The van der Waals surface area contributed by atoms with Gasteiger partial charge in [-0.15, -0.1) is 0 Å². The third-order valence-electron chi connectivity index (χ3n) is 8.14. The van der Waals surface area contributed by atoms with Crippen LogP contribution in [0.2, 0.25) is 0 Å². The third kappa shape index (κ3) is 13.3. The van der Waals surface area contributed by atoms with Gasteiger partial charge in [-0.2, -0.15) is 0 Å². The van der Waals surface area contributed by atoms with E-state index >= 15 is 0 Å². The predicted molar refractivity (Wildman–Crippen MR) is 196 cm³/mol. The van der Waals surface area contributed by atoms with E-state index in [1.807, 2.05) is 17.0 Å². The number of nitrogens with two attached hydrogens (primary N) is 1. The fraction of sp³-hybridized carbons (Fsp3) is 0.487. The van der Waals surface area contributed by atoms with Gasteiger partial charge in [-0.25, -0.2) is 14.0 Å². The Morgan fingerprint density at radius 1 is 0.902 bits per heavy atom. The van der Waals surface area contributed by atoms with Crippen molar-refractivity contribution in [1.29, 1.82) is 0 Å². The van der Waals surface area contributed by atoms with Crippen LogP contribution < -0.4 is 16.4 Å². The van der Waals surface area contributed by atoms with Crippen LogP contribution >= 0.6 is 0 Å². The summed E-state index contributed by atoms with van der Waals surface area (Å²) in [5.74, 6) is -0.634. The average Bonchev–Trinajstić information content (AvgIpc) is 3.04. The molecule has 12 heteroatoms. The molecule has 1 saturated heterocycles. The monoisotopic (exact) mass is 705 g/mol. The number of fused-ring (bicyclic) bond motifs is 1. The molecule has 0 saturated carbocycles. The second-order valence-electron chi connectivity index (χ2n) is 14.9. The number of amides is 3. The molecular weight excluding hydrogens is 653 g/mol. The van der Waals surface area contributed by atoms with Gasteiger partial charge in [0.1, 0.15) is 17.0 Å². The molecule has 0 aromatic heterocycles. The highest BCUT2D eigenvalue weighted by atomic mass is 19.1. The van der Waals surface area contributed by atoms with E-state index in [0.29, 0.717) is 38.8 Å². The highest BCUT2D eigenvalue weighted by molar-refractivity contribution is 6.01. The molecule has 0 bridgehead atoms. The summed E-state index contributed by atoms with van der Waals surface area (Å²) in [5.41, 5.74) is 6.75. The van der Waals surface area contributed by atoms with Gasteiger partial charge in [0.2, 0.25) is 11.9 Å². The van der Waals surface area contributed by atoms with Crippen molar-refractivity contribution in [3.8, 4) is 0 Å². The van der Waals surface area contributed by atoms with Crippen LogP contribution in [0.3, 0.4) is 0 Å². The van der Waals surface area contributed by atoms with E-state index in [0.717, 1.165) is 16.5 Å². The first-order chi connectivity index (χ1) is 24.0. The number of guanidine groups is 1. The van der Waals surface area contributed by atoms with Crippen LogP contribution in [0.5, 0.6) is 0 Å². The quantitative estimate of drug-likeness (QED) is 0.122. The van der Waals surface area contributed by atoms with Crippen molar-refractivity contribution >= 4 is 34.8 Å². The molecule has 0 radical (unpaired) electrons. The Morgan fingerprint density at radius 2 is 1.51 bits per heavy atom. The number of carbonyl (C=O) groups excluding carboxylic acids is 3. The molecule has 276 valence electrons. The molecule has 3 amide bonds. The number of carbonyl (C=O) groups is 3. The van der Waals surface area contributed by atoms with Crippen LogP contribution in [0.4, 0.5) is 14.0 Å². The SMILES string of the molecule is CC(C)(C)OC(=O)NC(=NCCCC1CC(OCc2ccc3ccccc3c2)CCN1C(=O)C(N)Cc1ccc(F)cc1)NC(=O)OC(C)(C)C. The number of nitrogens with one attached hydrogen (secondary N) is 2. The number of halogens is 1. The number of aliphatic imine (C=N–C) groups is 1. The molecule has 3 aromatic rings. The van der Waals surface area contributed by atoms with Crippen LogP contribution in [-0.4, -0.2) is 71.4 Å². The summed E-state index contributed by atoms with van der Waals surface area (Å²) in [4.78, 5) is 45.0. The van der Waals surface area contributed by atoms with Gasteiger partial charge in [-0.3, -0.25) is 20.4 Å². The number of hydrogen-bond donors (Lipinski definition) is 3. The molecule has 3 atom stereocenters. The summed E-state index contributed by atoms with van der Waals surface area (Å²) in [6, 6.07) is 19.5. The maximum Gasteiger partial charge on any atom is 0.414 e. The first-order valence-electron chi connectivity index (χ1n) is 17.5. The van der Waals surface area contributed by atoms with E-state index in [4.69, 9.17) is 19.9 Å². The van der Waals surface area contributed by atoms with Gasteiger partial charge >= 0.3 is 12.2 Å². The minimum Gasteiger partial charge on any atom is -0.444 e. The van der Waals surface area contributed by atoms with E-state index in [2.05, 4.69) is 46.0 Å². The Labute approximate surface area is 300 Å². The summed E-state index contributed by atoms with van der Waals surface area (Å²) in [6.07, 6.45) is 0.998. The molecule has 4 rings (SSSR count). The molecule has 51 heavy (non-hydrogen) atoms. The van der Waals surface area contributed by atoms with Crippen molar-refractivity contribution in [2.75, 3.05) is 13.1 Å². The third-order valence-corrected chi connectivity index (χ3v) is 8.14. The van der Waals surface area contributed by atoms with E-state index in [-0.39, 0.29) is 42.8 Å². The van der Waals surface area contributed by atoms with Gasteiger partial charge in [0.25, 0.3) is 0 Å². The van der Waals surface area contributed by atoms with Gasteiger partial charge in [-0.1, -0.05) is 48.5 Å². The van der Waals surface area contributed by atoms with Gasteiger partial charge in [0, 0.05) is 19.1 Å². The number of hydrogen-bond acceptors (Lipinski definition) is 8. The summed E-state index contributed by atoms with van der Waals surface area (Å²) >= 11 is 0. The lowest BCUT2D eigenvalue weighted by molar-refractivity contribution is -0.139. The Balaban J connectivity index is 1.44. The van der Waals surface area contributed by atoms with Crippen LogP contribution in [0, 0.1) is 5.82 Å². The summed E-state index contributed by atoms with van der Waals surface area (Å²) < 4.78 is 30.6.